The zero-order valence-electron chi connectivity index (χ0n) is 13.9. The molecule has 8 heteroatoms. The van der Waals surface area contributed by atoms with Crippen molar-refractivity contribution in [2.75, 3.05) is 10.6 Å². The first-order chi connectivity index (χ1) is 11.3. The van der Waals surface area contributed by atoms with Crippen LogP contribution >= 0.6 is 0 Å². The summed E-state index contributed by atoms with van der Waals surface area (Å²) in [5.41, 5.74) is 0.866. The number of aliphatic hydroxyl groups is 1. The summed E-state index contributed by atoms with van der Waals surface area (Å²) in [7, 11) is 0. The maximum Gasteiger partial charge on any atom is 0.252 e. The molecule has 0 bridgehead atoms. The normalized spacial score (nSPS) is 23.6. The predicted molar refractivity (Wildman–Crippen MR) is 88.0 cm³/mol. The third kappa shape index (κ3) is 4.17. The van der Waals surface area contributed by atoms with Crippen LogP contribution in [-0.2, 0) is 0 Å². The topological polar surface area (TPSA) is 83.0 Å². The van der Waals surface area contributed by atoms with E-state index in [2.05, 4.69) is 25.6 Å². The van der Waals surface area contributed by atoms with Crippen molar-refractivity contribution in [1.82, 2.24) is 15.0 Å². The largest absolute Gasteiger partial charge is 0.389 e. The molecular weight excluding hydrogens is 316 g/mol. The molecule has 132 valence electrons. The molecule has 1 aromatic rings. The molecule has 24 heavy (non-hydrogen) atoms. The third-order valence-electron chi connectivity index (χ3n) is 4.10. The summed E-state index contributed by atoms with van der Waals surface area (Å²) in [6, 6.07) is -0.194. The number of nitrogens with one attached hydrogen (secondary N) is 2. The van der Waals surface area contributed by atoms with Crippen LogP contribution in [0, 0.1) is 0 Å². The van der Waals surface area contributed by atoms with Gasteiger partial charge in [-0.3, -0.25) is 0 Å². The molecule has 6 nitrogen and oxygen atoms in total. The SMILES string of the molecule is CC(C)Nc1nc(NC2CC(F)(F)C2)nc(C2=CC(O)CCC2)n1. The Labute approximate surface area is 139 Å². The van der Waals surface area contributed by atoms with Gasteiger partial charge in [-0.2, -0.15) is 15.0 Å². The summed E-state index contributed by atoms with van der Waals surface area (Å²) in [5, 5.41) is 15.9. The van der Waals surface area contributed by atoms with E-state index in [1.807, 2.05) is 13.8 Å². The van der Waals surface area contributed by atoms with Gasteiger partial charge in [0.1, 0.15) is 0 Å². The van der Waals surface area contributed by atoms with E-state index in [1.165, 1.54) is 0 Å². The van der Waals surface area contributed by atoms with E-state index in [9.17, 15) is 13.9 Å². The van der Waals surface area contributed by atoms with Crippen molar-refractivity contribution in [2.45, 2.75) is 70.1 Å². The second kappa shape index (κ2) is 6.58. The maximum atomic E-state index is 13.0. The Bertz CT molecular complexity index is 627. The molecule has 1 aromatic heterocycles. The highest BCUT2D eigenvalue weighted by Crippen LogP contribution is 2.38. The molecule has 0 amide bonds. The highest BCUT2D eigenvalue weighted by Gasteiger charge is 2.45. The van der Waals surface area contributed by atoms with E-state index < -0.39 is 12.0 Å². The van der Waals surface area contributed by atoms with Crippen LogP contribution in [0.3, 0.4) is 0 Å². The highest BCUT2D eigenvalue weighted by molar-refractivity contribution is 5.63. The summed E-state index contributed by atoms with van der Waals surface area (Å²) < 4.78 is 26.0. The lowest BCUT2D eigenvalue weighted by Gasteiger charge is -2.35. The van der Waals surface area contributed by atoms with Crippen molar-refractivity contribution >= 4 is 17.5 Å². The Balaban J connectivity index is 1.83. The number of alkyl halides is 2. The summed E-state index contributed by atoms with van der Waals surface area (Å²) in [4.78, 5) is 13.1. The van der Waals surface area contributed by atoms with Crippen LogP contribution in [0.15, 0.2) is 6.08 Å². The van der Waals surface area contributed by atoms with Crippen LogP contribution in [0.1, 0.15) is 51.8 Å². The van der Waals surface area contributed by atoms with Crippen molar-refractivity contribution in [2.24, 2.45) is 0 Å². The fraction of sp³-hybridized carbons (Fsp3) is 0.688. The lowest BCUT2D eigenvalue weighted by atomic mass is 9.88. The molecule has 3 rings (SSSR count). The second-order valence-electron chi connectivity index (χ2n) is 6.86. The second-order valence-corrected chi connectivity index (χ2v) is 6.86. The molecule has 0 saturated heterocycles. The number of hydrogen-bond acceptors (Lipinski definition) is 6. The average Bonchev–Trinajstić information content (AvgIpc) is 2.44. The molecule has 0 radical (unpaired) electrons. The van der Waals surface area contributed by atoms with Gasteiger partial charge in [-0.25, -0.2) is 8.78 Å². The van der Waals surface area contributed by atoms with E-state index >= 15 is 0 Å². The smallest absolute Gasteiger partial charge is 0.252 e. The number of anilines is 2. The van der Waals surface area contributed by atoms with Crippen LogP contribution in [0.4, 0.5) is 20.7 Å². The molecule has 1 saturated carbocycles. The molecule has 2 aliphatic rings. The average molecular weight is 339 g/mol. The van der Waals surface area contributed by atoms with Gasteiger partial charge in [0, 0.05) is 24.9 Å². The van der Waals surface area contributed by atoms with E-state index in [-0.39, 0.29) is 24.9 Å². The number of hydrogen-bond donors (Lipinski definition) is 3. The fourth-order valence-corrected chi connectivity index (χ4v) is 2.94. The summed E-state index contributed by atoms with van der Waals surface area (Å²) >= 11 is 0. The summed E-state index contributed by atoms with van der Waals surface area (Å²) in [6.07, 6.45) is 3.23. The molecular formula is C16H23F2N5O. The summed E-state index contributed by atoms with van der Waals surface area (Å²) in [6.45, 7) is 3.93. The van der Waals surface area contributed by atoms with Crippen LogP contribution in [0.2, 0.25) is 0 Å². The lowest BCUT2D eigenvalue weighted by Crippen LogP contribution is -2.44. The quantitative estimate of drug-likeness (QED) is 0.765. The number of allylic oxidation sites excluding steroid dienone is 1. The number of nitrogens with zero attached hydrogens (tertiary/aromatic N) is 3. The Morgan fingerprint density at radius 3 is 2.54 bits per heavy atom. The molecule has 1 heterocycles. The minimum Gasteiger partial charge on any atom is -0.389 e. The van der Waals surface area contributed by atoms with Crippen molar-refractivity contribution in [3.8, 4) is 0 Å². The molecule has 1 unspecified atom stereocenters. The van der Waals surface area contributed by atoms with Crippen molar-refractivity contribution in [3.63, 3.8) is 0 Å². The molecule has 3 N–H and O–H groups in total. The number of rotatable bonds is 5. The summed E-state index contributed by atoms with van der Waals surface area (Å²) in [5.74, 6) is -1.41. The molecule has 0 aliphatic heterocycles. The van der Waals surface area contributed by atoms with Gasteiger partial charge in [0.05, 0.1) is 6.10 Å². The first-order valence-electron chi connectivity index (χ1n) is 8.37. The van der Waals surface area contributed by atoms with Gasteiger partial charge < -0.3 is 15.7 Å². The number of halogens is 2. The lowest BCUT2D eigenvalue weighted by molar-refractivity contribution is -0.0794. The highest BCUT2D eigenvalue weighted by atomic mass is 19.3. The van der Waals surface area contributed by atoms with Crippen molar-refractivity contribution < 1.29 is 13.9 Å². The molecule has 1 fully saturated rings. The van der Waals surface area contributed by atoms with Gasteiger partial charge in [0.15, 0.2) is 5.82 Å². The Kier molecular flexibility index (Phi) is 4.67. The number of aliphatic hydroxyl groups excluding tert-OH is 1. The predicted octanol–water partition coefficient (Wildman–Crippen LogP) is 2.83. The van der Waals surface area contributed by atoms with E-state index in [0.717, 1.165) is 24.8 Å². The zero-order chi connectivity index (χ0) is 17.3. The van der Waals surface area contributed by atoms with Gasteiger partial charge in [0.2, 0.25) is 11.9 Å². The van der Waals surface area contributed by atoms with E-state index in [1.54, 1.807) is 6.08 Å². The van der Waals surface area contributed by atoms with Crippen molar-refractivity contribution in [1.29, 1.82) is 0 Å². The molecule has 0 aromatic carbocycles. The van der Waals surface area contributed by atoms with Crippen molar-refractivity contribution in [3.05, 3.63) is 11.9 Å². The molecule has 2 aliphatic carbocycles. The number of aromatic nitrogens is 3. The van der Waals surface area contributed by atoms with E-state index in [4.69, 9.17) is 0 Å². The molecule has 1 atom stereocenters. The Hall–Kier alpha value is -1.83. The van der Waals surface area contributed by atoms with Gasteiger partial charge in [-0.15, -0.1) is 0 Å². The standard InChI is InChI=1S/C16H23F2N5O/c1-9(2)19-14-21-13(10-4-3-5-12(24)6-10)22-15(23-14)20-11-7-16(17,18)8-11/h6,9,11-12,24H,3-5,7-8H2,1-2H3,(H2,19,20,21,22,23). The third-order valence-corrected chi connectivity index (χ3v) is 4.10. The molecule has 0 spiro atoms. The monoisotopic (exact) mass is 339 g/mol. The zero-order valence-corrected chi connectivity index (χ0v) is 13.9. The van der Waals surface area contributed by atoms with Crippen LogP contribution in [0.25, 0.3) is 5.57 Å². The van der Waals surface area contributed by atoms with Gasteiger partial charge >= 0.3 is 0 Å². The van der Waals surface area contributed by atoms with E-state index in [0.29, 0.717) is 17.7 Å². The first-order valence-corrected chi connectivity index (χ1v) is 8.37. The van der Waals surface area contributed by atoms with Crippen LogP contribution in [0.5, 0.6) is 0 Å². The first kappa shape index (κ1) is 17.0. The minimum atomic E-state index is -2.59. The van der Waals surface area contributed by atoms with Gasteiger partial charge in [-0.1, -0.05) is 0 Å². The van der Waals surface area contributed by atoms with Crippen LogP contribution in [-0.4, -0.2) is 44.2 Å². The van der Waals surface area contributed by atoms with Gasteiger partial charge in [0.25, 0.3) is 5.92 Å². The van der Waals surface area contributed by atoms with Crippen LogP contribution < -0.4 is 10.6 Å². The Morgan fingerprint density at radius 1 is 1.21 bits per heavy atom. The fourth-order valence-electron chi connectivity index (χ4n) is 2.94. The maximum absolute atomic E-state index is 13.0. The minimum absolute atomic E-state index is 0.132. The Morgan fingerprint density at radius 2 is 1.92 bits per heavy atom. The van der Waals surface area contributed by atoms with Gasteiger partial charge in [-0.05, 0) is 44.8 Å².